The topological polar surface area (TPSA) is 73.0 Å². The molecule has 0 atom stereocenters. The molecular weight excluding hydrogens is 384 g/mol. The van der Waals surface area contributed by atoms with E-state index in [0.717, 1.165) is 11.0 Å². The fourth-order valence-electron chi connectivity index (χ4n) is 2.64. The molecule has 0 spiro atoms. The minimum Gasteiger partial charge on any atom is -0.453 e. The largest absolute Gasteiger partial charge is 0.453 e. The molecule has 6 nitrogen and oxygen atoms in total. The van der Waals surface area contributed by atoms with E-state index in [1.807, 2.05) is 41.9 Å². The molecule has 0 saturated carbocycles. The number of nitrogens with zero attached hydrogens (tertiary/aromatic N) is 3. The van der Waals surface area contributed by atoms with Crippen LogP contribution in [0.5, 0.6) is 0 Å². The molecule has 0 radical (unpaired) electrons. The Bertz CT molecular complexity index is 1090. The normalized spacial score (nSPS) is 11.0. The summed E-state index contributed by atoms with van der Waals surface area (Å²) >= 11 is 7.23. The van der Waals surface area contributed by atoms with Gasteiger partial charge < -0.3 is 14.3 Å². The van der Waals surface area contributed by atoms with Gasteiger partial charge in [-0.05, 0) is 30.3 Å². The SMILES string of the molecule is Cn1c(SCC(=O)Nc2cccc(Cl)c2)nnc1-c1cc2ccccc2o1. The number of amides is 1. The van der Waals surface area contributed by atoms with Crippen LogP contribution in [-0.2, 0) is 11.8 Å². The molecule has 2 heterocycles. The lowest BCUT2D eigenvalue weighted by atomic mass is 10.2. The number of carbonyl (C=O) groups is 1. The second-order valence-corrected chi connectivity index (χ2v) is 7.24. The van der Waals surface area contributed by atoms with Crippen molar-refractivity contribution in [1.29, 1.82) is 0 Å². The van der Waals surface area contributed by atoms with Crippen molar-refractivity contribution >= 4 is 45.9 Å². The Morgan fingerprint density at radius 1 is 1.19 bits per heavy atom. The highest BCUT2D eigenvalue weighted by atomic mass is 35.5. The van der Waals surface area contributed by atoms with Crippen molar-refractivity contribution in [3.8, 4) is 11.6 Å². The molecule has 0 unspecified atom stereocenters. The Hall–Kier alpha value is -2.77. The number of anilines is 1. The lowest BCUT2D eigenvalue weighted by Crippen LogP contribution is -2.14. The maximum atomic E-state index is 12.2. The Morgan fingerprint density at radius 2 is 2.04 bits per heavy atom. The number of aromatic nitrogens is 3. The van der Waals surface area contributed by atoms with Crippen LogP contribution in [0.15, 0.2) is 64.2 Å². The van der Waals surface area contributed by atoms with E-state index in [9.17, 15) is 4.79 Å². The molecule has 27 heavy (non-hydrogen) atoms. The van der Waals surface area contributed by atoms with E-state index in [2.05, 4.69) is 15.5 Å². The average molecular weight is 399 g/mol. The Morgan fingerprint density at radius 3 is 2.85 bits per heavy atom. The number of para-hydroxylation sites is 1. The summed E-state index contributed by atoms with van der Waals surface area (Å²) in [5.41, 5.74) is 1.46. The zero-order valence-corrected chi connectivity index (χ0v) is 15.9. The number of hydrogen-bond acceptors (Lipinski definition) is 5. The van der Waals surface area contributed by atoms with Crippen LogP contribution in [0, 0.1) is 0 Å². The number of furan rings is 1. The second-order valence-electron chi connectivity index (χ2n) is 5.86. The Kier molecular flexibility index (Phi) is 4.87. The van der Waals surface area contributed by atoms with Gasteiger partial charge in [0.05, 0.1) is 5.75 Å². The molecule has 4 rings (SSSR count). The summed E-state index contributed by atoms with van der Waals surface area (Å²) in [5, 5.41) is 13.4. The van der Waals surface area contributed by atoms with Crippen molar-refractivity contribution in [2.45, 2.75) is 5.16 Å². The van der Waals surface area contributed by atoms with Gasteiger partial charge in [0.15, 0.2) is 16.7 Å². The first-order valence-electron chi connectivity index (χ1n) is 8.17. The van der Waals surface area contributed by atoms with Gasteiger partial charge in [0, 0.05) is 23.1 Å². The van der Waals surface area contributed by atoms with Crippen molar-refractivity contribution in [3.05, 3.63) is 59.6 Å². The van der Waals surface area contributed by atoms with Gasteiger partial charge in [0.1, 0.15) is 5.58 Å². The van der Waals surface area contributed by atoms with Gasteiger partial charge in [-0.15, -0.1) is 10.2 Å². The summed E-state index contributed by atoms with van der Waals surface area (Å²) in [6.45, 7) is 0. The van der Waals surface area contributed by atoms with Crippen LogP contribution < -0.4 is 5.32 Å². The number of thioether (sulfide) groups is 1. The number of halogens is 1. The zero-order valence-electron chi connectivity index (χ0n) is 14.3. The smallest absolute Gasteiger partial charge is 0.234 e. The molecule has 136 valence electrons. The molecule has 1 amide bonds. The molecule has 0 fully saturated rings. The predicted octanol–water partition coefficient (Wildman–Crippen LogP) is 4.61. The third kappa shape index (κ3) is 3.84. The molecule has 2 aromatic heterocycles. The number of fused-ring (bicyclic) bond motifs is 1. The van der Waals surface area contributed by atoms with Crippen LogP contribution in [0.1, 0.15) is 0 Å². The summed E-state index contributed by atoms with van der Waals surface area (Å²) in [5.74, 6) is 1.32. The number of rotatable bonds is 5. The fourth-order valence-corrected chi connectivity index (χ4v) is 3.54. The monoisotopic (exact) mass is 398 g/mol. The molecular formula is C19H15ClN4O2S. The molecule has 0 saturated heterocycles. The molecule has 0 aliphatic rings. The minimum absolute atomic E-state index is 0.143. The van der Waals surface area contributed by atoms with Crippen molar-refractivity contribution in [1.82, 2.24) is 14.8 Å². The standard InChI is InChI=1S/C19H15ClN4O2S/c1-24-18(16-9-12-5-2-3-8-15(12)26-16)22-23-19(24)27-11-17(25)21-14-7-4-6-13(20)10-14/h2-10H,11H2,1H3,(H,21,25). The number of nitrogens with one attached hydrogen (secondary N) is 1. The van der Waals surface area contributed by atoms with Crippen LogP contribution in [0.2, 0.25) is 5.02 Å². The number of hydrogen-bond donors (Lipinski definition) is 1. The molecule has 0 bridgehead atoms. The van der Waals surface area contributed by atoms with E-state index in [1.165, 1.54) is 11.8 Å². The molecule has 1 N–H and O–H groups in total. The van der Waals surface area contributed by atoms with Crippen molar-refractivity contribution in [3.63, 3.8) is 0 Å². The third-order valence-electron chi connectivity index (χ3n) is 3.92. The van der Waals surface area contributed by atoms with E-state index in [4.69, 9.17) is 16.0 Å². The highest BCUT2D eigenvalue weighted by molar-refractivity contribution is 7.99. The van der Waals surface area contributed by atoms with Gasteiger partial charge in [0.25, 0.3) is 0 Å². The van der Waals surface area contributed by atoms with Gasteiger partial charge in [-0.1, -0.05) is 47.6 Å². The first-order chi connectivity index (χ1) is 13.1. The van der Waals surface area contributed by atoms with Crippen LogP contribution in [-0.4, -0.2) is 26.4 Å². The van der Waals surface area contributed by atoms with Crippen molar-refractivity contribution < 1.29 is 9.21 Å². The van der Waals surface area contributed by atoms with Gasteiger partial charge in [0.2, 0.25) is 5.91 Å². The van der Waals surface area contributed by atoms with E-state index < -0.39 is 0 Å². The summed E-state index contributed by atoms with van der Waals surface area (Å²) in [6.07, 6.45) is 0. The van der Waals surface area contributed by atoms with Gasteiger partial charge >= 0.3 is 0 Å². The lowest BCUT2D eigenvalue weighted by Gasteiger charge is -2.05. The average Bonchev–Trinajstić information content (AvgIpc) is 3.23. The summed E-state index contributed by atoms with van der Waals surface area (Å²) in [6, 6.07) is 16.7. The lowest BCUT2D eigenvalue weighted by molar-refractivity contribution is -0.113. The van der Waals surface area contributed by atoms with Crippen LogP contribution in [0.25, 0.3) is 22.6 Å². The van der Waals surface area contributed by atoms with Gasteiger partial charge in [-0.2, -0.15) is 0 Å². The zero-order chi connectivity index (χ0) is 18.8. The van der Waals surface area contributed by atoms with Crippen molar-refractivity contribution in [2.24, 2.45) is 7.05 Å². The summed E-state index contributed by atoms with van der Waals surface area (Å²) in [4.78, 5) is 12.2. The van der Waals surface area contributed by atoms with E-state index in [0.29, 0.717) is 27.5 Å². The second kappa shape index (κ2) is 7.46. The van der Waals surface area contributed by atoms with Gasteiger partial charge in [-0.3, -0.25) is 4.79 Å². The third-order valence-corrected chi connectivity index (χ3v) is 5.18. The van der Waals surface area contributed by atoms with Crippen LogP contribution in [0.4, 0.5) is 5.69 Å². The summed E-state index contributed by atoms with van der Waals surface area (Å²) in [7, 11) is 1.85. The van der Waals surface area contributed by atoms with E-state index in [1.54, 1.807) is 24.3 Å². The van der Waals surface area contributed by atoms with Crippen molar-refractivity contribution in [2.75, 3.05) is 11.1 Å². The molecule has 4 aromatic rings. The summed E-state index contributed by atoms with van der Waals surface area (Å²) < 4.78 is 7.65. The quantitative estimate of drug-likeness (QED) is 0.497. The maximum Gasteiger partial charge on any atom is 0.234 e. The molecule has 0 aliphatic heterocycles. The Balaban J connectivity index is 1.45. The first kappa shape index (κ1) is 17.6. The van der Waals surface area contributed by atoms with E-state index in [-0.39, 0.29) is 11.7 Å². The number of carbonyl (C=O) groups excluding carboxylic acids is 1. The highest BCUT2D eigenvalue weighted by Crippen LogP contribution is 2.28. The van der Waals surface area contributed by atoms with Gasteiger partial charge in [-0.25, -0.2) is 0 Å². The highest BCUT2D eigenvalue weighted by Gasteiger charge is 2.16. The maximum absolute atomic E-state index is 12.2. The molecule has 8 heteroatoms. The number of benzene rings is 2. The van der Waals surface area contributed by atoms with Crippen LogP contribution in [0.3, 0.4) is 0 Å². The van der Waals surface area contributed by atoms with E-state index >= 15 is 0 Å². The molecule has 2 aromatic carbocycles. The molecule has 0 aliphatic carbocycles. The predicted molar refractivity (Wildman–Crippen MR) is 107 cm³/mol. The minimum atomic E-state index is -0.143. The fraction of sp³-hybridized carbons (Fsp3) is 0.105. The first-order valence-corrected chi connectivity index (χ1v) is 9.53. The van der Waals surface area contributed by atoms with Crippen LogP contribution >= 0.6 is 23.4 Å². The Labute approximate surface area is 164 Å².